The van der Waals surface area contributed by atoms with E-state index < -0.39 is 62.9 Å². The van der Waals surface area contributed by atoms with Crippen LogP contribution in [0.2, 0.25) is 10.0 Å². The number of fused-ring (bicyclic) bond motifs is 2. The van der Waals surface area contributed by atoms with E-state index in [9.17, 15) is 51.9 Å². The quantitative estimate of drug-likeness (QED) is 0.0293. The summed E-state index contributed by atoms with van der Waals surface area (Å²) >= 11 is 12.5. The first-order valence-electron chi connectivity index (χ1n) is 38.8. The number of nitrogens with one attached hydrogen (secondary N) is 5. The fraction of sp³-hybridized carbons (Fsp3) is 0.329. The van der Waals surface area contributed by atoms with Gasteiger partial charge in [-0.05, 0) is 194 Å². The van der Waals surface area contributed by atoms with E-state index in [0.717, 1.165) is 148 Å². The highest BCUT2D eigenvalue weighted by atomic mass is 35.5. The molecule has 0 bridgehead atoms. The van der Waals surface area contributed by atoms with E-state index >= 15 is 0 Å². The summed E-state index contributed by atoms with van der Waals surface area (Å²) in [5.74, 6) is -0.819. The number of amides is 2. The predicted octanol–water partition coefficient (Wildman–Crippen LogP) is 15.9. The van der Waals surface area contributed by atoms with Crippen LogP contribution < -0.4 is 34.0 Å². The molecule has 598 valence electrons. The maximum atomic E-state index is 13.9. The lowest BCUT2D eigenvalue weighted by molar-refractivity contribution is -0.385. The molecule has 4 aromatic heterocycles. The number of carbonyl (C=O) groups excluding carboxylic acids is 2. The molecule has 116 heavy (non-hydrogen) atoms. The van der Waals surface area contributed by atoms with Gasteiger partial charge in [0.25, 0.3) is 43.2 Å². The van der Waals surface area contributed by atoms with Gasteiger partial charge in [-0.2, -0.15) is 5.26 Å². The predicted molar refractivity (Wildman–Crippen MR) is 443 cm³/mol. The monoisotopic (exact) mass is 1640 g/mol. The third-order valence-corrected chi connectivity index (χ3v) is 27.0. The van der Waals surface area contributed by atoms with Crippen molar-refractivity contribution in [3.8, 4) is 29.1 Å². The van der Waals surface area contributed by atoms with Crippen LogP contribution in [0.5, 0.6) is 23.0 Å². The summed E-state index contributed by atoms with van der Waals surface area (Å²) in [5.41, 5.74) is 11.0. The summed E-state index contributed by atoms with van der Waals surface area (Å²) < 4.78 is 75.7. The minimum absolute atomic E-state index is 0.0335. The first-order chi connectivity index (χ1) is 56.0. The van der Waals surface area contributed by atoms with E-state index in [-0.39, 0.29) is 39.8 Å². The molecule has 3 aliphatic heterocycles. The Kier molecular flexibility index (Phi) is 22.5. The molecule has 5 N–H and O–H groups in total. The maximum Gasteiger partial charge on any atom is 0.293 e. The molecule has 17 rings (SSSR count). The highest BCUT2D eigenvalue weighted by Gasteiger charge is 2.43. The Labute approximate surface area is 680 Å². The third kappa shape index (κ3) is 17.3. The van der Waals surface area contributed by atoms with Crippen LogP contribution >= 0.6 is 23.2 Å². The van der Waals surface area contributed by atoms with Gasteiger partial charge in [-0.1, -0.05) is 71.5 Å². The Morgan fingerprint density at radius 2 is 1.02 bits per heavy atom. The van der Waals surface area contributed by atoms with E-state index in [1.165, 1.54) is 115 Å². The fourth-order valence-corrected chi connectivity index (χ4v) is 19.1. The number of nitro groups is 2. The van der Waals surface area contributed by atoms with Crippen LogP contribution in [0, 0.1) is 48.3 Å². The fourth-order valence-electron chi connectivity index (χ4n) is 16.8. The van der Waals surface area contributed by atoms with Gasteiger partial charge in [0, 0.05) is 147 Å². The summed E-state index contributed by atoms with van der Waals surface area (Å²) in [4.78, 5) is 72.9. The van der Waals surface area contributed by atoms with E-state index in [1.54, 1.807) is 60.9 Å². The van der Waals surface area contributed by atoms with E-state index in [1.807, 2.05) is 41.1 Å². The molecule has 2 amide bonds. The Bertz CT molecular complexity index is 5830. The average Bonchev–Trinajstić information content (AvgIpc) is 0.822. The number of hydrogen-bond donors (Lipinski definition) is 5. The molecule has 7 aliphatic rings. The van der Waals surface area contributed by atoms with Crippen molar-refractivity contribution in [2.24, 2.45) is 16.7 Å². The number of piperazine rings is 2. The number of allylic oxidation sites excluding steroid dienone is 2. The number of ether oxygens (including phenoxy) is 3. The zero-order valence-electron chi connectivity index (χ0n) is 63.3. The van der Waals surface area contributed by atoms with Crippen LogP contribution in [0.3, 0.4) is 0 Å². The Morgan fingerprint density at radius 1 is 0.569 bits per heavy atom. The van der Waals surface area contributed by atoms with Gasteiger partial charge in [0.2, 0.25) is 0 Å². The zero-order chi connectivity index (χ0) is 80.5. The molecular weight excluding hydrogens is 1560 g/mol. The molecule has 10 aromatic rings. The van der Waals surface area contributed by atoms with Gasteiger partial charge in [0.15, 0.2) is 0 Å². The first-order valence-corrected chi connectivity index (χ1v) is 42.5. The van der Waals surface area contributed by atoms with Gasteiger partial charge >= 0.3 is 0 Å². The number of nitrogens with zero attached hydrogens (tertiary/aromatic N) is 9. The van der Waals surface area contributed by atoms with Gasteiger partial charge in [0.1, 0.15) is 51.6 Å². The number of hydrogen-bond acceptors (Lipinski definition) is 21. The summed E-state index contributed by atoms with van der Waals surface area (Å²) in [6.07, 6.45) is 21.3. The standard InChI is InChI=1S/C44H46ClN7O7S.C41H38ClN7O6S/c45-33-4-2-30(3-5-33)38-23-44(12-1-13-44)14-10-32(38)26-50-16-18-51(19-17-50)34-6-8-37(41(21-34)59-35-20-31-11-15-46-42(31)48-25-35)43(53)49-60(56,57)36-7-9-39(40(22-36)52(54)55)47-24-29-27-58-28-29;42-31-5-2-27(3-6-31)36-23-41(12-1-13-41)14-10-30(36)26-47-16-18-48(19-17-47)32-7-9-35(38(21-32)55-33-20-28-11-15-44-39(28)45-25-33)40(50)46-56(53,54)34-8-4-29(24-43)37(22-34)49(51)52/h2-9,11,15,20-22,25,29,47H,1,10,12-14,16-19,23-24,26-28H2,(H,46,48)(H,49,53);2-9,11,15,20-22,25H,1,10,12-14,16-19,23,26H2,(H,44,45)(H,46,50). The lowest BCUT2D eigenvalue weighted by Crippen LogP contribution is -2.47. The molecule has 6 aromatic carbocycles. The second-order valence-corrected chi connectivity index (χ2v) is 35.4. The number of halogens is 2. The number of sulfonamides is 2. The summed E-state index contributed by atoms with van der Waals surface area (Å²) in [7, 11) is -9.13. The highest BCUT2D eigenvalue weighted by Crippen LogP contribution is 2.57. The molecule has 5 fully saturated rings. The molecule has 0 radical (unpaired) electrons. The van der Waals surface area contributed by atoms with Crippen molar-refractivity contribution in [1.29, 1.82) is 5.26 Å². The van der Waals surface area contributed by atoms with Gasteiger partial charge < -0.3 is 39.3 Å². The van der Waals surface area contributed by atoms with Crippen LogP contribution in [0.25, 0.3) is 33.2 Å². The average molecular weight is 1640 g/mol. The number of nitriles is 1. The molecule has 2 saturated carbocycles. The molecule has 2 spiro atoms. The van der Waals surface area contributed by atoms with Crippen LogP contribution in [0.1, 0.15) is 114 Å². The lowest BCUT2D eigenvalue weighted by Gasteiger charge is -2.47. The Morgan fingerprint density at radius 3 is 1.43 bits per heavy atom. The lowest BCUT2D eigenvalue weighted by atomic mass is 9.59. The third-order valence-electron chi connectivity index (χ3n) is 23.8. The number of carbonyl (C=O) groups is 2. The SMILES string of the molecule is N#Cc1ccc(S(=O)(=O)NC(=O)c2ccc(N3CCN(CC4=C(c5ccc(Cl)cc5)CC5(CCC5)CC4)CC3)cc2Oc2cnc3[nH]ccc3c2)cc1[N+](=O)[O-].O=C(NS(=O)(=O)c1ccc(NCC2COC2)c([N+](=O)[O-])c1)c1ccc(N2CCN(CC3=C(c4ccc(Cl)cc4)CC4(CCC4)CC3)CC2)cc1Oc1cnc2[nH]ccc2c1. The van der Waals surface area contributed by atoms with Crippen molar-refractivity contribution in [3.05, 3.63) is 240 Å². The largest absolute Gasteiger partial charge is 0.455 e. The summed E-state index contributed by atoms with van der Waals surface area (Å²) in [5, 5.41) is 38.8. The molecule has 0 atom stereocenters. The van der Waals surface area contributed by atoms with Crippen LogP contribution in [0.15, 0.2) is 191 Å². The van der Waals surface area contributed by atoms with Crippen molar-refractivity contribution < 1.29 is 50.5 Å². The molecule has 0 unspecified atom stereocenters. The molecule has 31 heteroatoms. The van der Waals surface area contributed by atoms with Gasteiger partial charge in [-0.25, -0.2) is 36.2 Å². The second kappa shape index (κ2) is 33.2. The van der Waals surface area contributed by atoms with Crippen molar-refractivity contribution in [2.75, 3.05) is 100 Å². The molecular formula is C85H84Cl2N14O13S2. The van der Waals surface area contributed by atoms with Crippen molar-refractivity contribution in [3.63, 3.8) is 0 Å². The van der Waals surface area contributed by atoms with Gasteiger partial charge in [-0.3, -0.25) is 39.6 Å². The normalized spacial score (nSPS) is 17.7. The van der Waals surface area contributed by atoms with E-state index in [4.69, 9.17) is 37.4 Å². The molecule has 4 aliphatic carbocycles. The van der Waals surface area contributed by atoms with Crippen LogP contribution in [0.4, 0.5) is 28.4 Å². The topological polar surface area (TPSA) is 347 Å². The number of benzene rings is 6. The number of aromatic nitrogens is 4. The van der Waals surface area contributed by atoms with Gasteiger partial charge in [0.05, 0.1) is 56.4 Å². The Hall–Kier alpha value is -11.2. The second-order valence-electron chi connectivity index (χ2n) is 31.1. The van der Waals surface area contributed by atoms with Gasteiger partial charge in [-0.15, -0.1) is 0 Å². The summed E-state index contributed by atoms with van der Waals surface area (Å²) in [6, 6.07) is 41.8. The van der Waals surface area contributed by atoms with Crippen molar-refractivity contribution in [2.45, 2.75) is 86.8 Å². The number of H-pyrrole nitrogens is 2. The minimum Gasteiger partial charge on any atom is -0.455 e. The van der Waals surface area contributed by atoms with Crippen LogP contribution in [-0.2, 0) is 24.8 Å². The number of rotatable bonds is 23. The van der Waals surface area contributed by atoms with E-state index in [2.05, 4.69) is 73.8 Å². The zero-order valence-corrected chi connectivity index (χ0v) is 66.5. The number of anilines is 3. The van der Waals surface area contributed by atoms with Crippen LogP contribution in [-0.4, -0.2) is 153 Å². The number of nitro benzene ring substituents is 2. The maximum absolute atomic E-state index is 13.9. The number of aromatic amines is 2. The smallest absolute Gasteiger partial charge is 0.293 e. The number of pyridine rings is 2. The van der Waals surface area contributed by atoms with E-state index in [0.29, 0.717) is 53.4 Å². The molecule has 27 nitrogen and oxygen atoms in total. The van der Waals surface area contributed by atoms with Crippen molar-refractivity contribution >= 4 is 117 Å². The molecule has 7 heterocycles. The Balaban J connectivity index is 0.000000174. The minimum atomic E-state index is -4.59. The summed E-state index contributed by atoms with van der Waals surface area (Å²) in [6.45, 7) is 9.59. The highest BCUT2D eigenvalue weighted by molar-refractivity contribution is 7.90. The van der Waals surface area contributed by atoms with Crippen molar-refractivity contribution in [1.82, 2.24) is 39.2 Å². The first kappa shape index (κ1) is 78.6. The molecule has 3 saturated heterocycles.